The highest BCUT2D eigenvalue weighted by Crippen LogP contribution is 2.17. The molecular formula is C9H17N3S. The Labute approximate surface area is 83.9 Å². The predicted molar refractivity (Wildman–Crippen MR) is 57.3 cm³/mol. The Balaban J connectivity index is 2.47. The van der Waals surface area contributed by atoms with Gasteiger partial charge < -0.3 is 4.90 Å². The van der Waals surface area contributed by atoms with Crippen molar-refractivity contribution in [3.8, 4) is 0 Å². The van der Waals surface area contributed by atoms with Gasteiger partial charge in [0.1, 0.15) is 5.00 Å². The fourth-order valence-corrected chi connectivity index (χ4v) is 1.82. The van der Waals surface area contributed by atoms with Crippen LogP contribution in [0.2, 0.25) is 0 Å². The van der Waals surface area contributed by atoms with E-state index in [9.17, 15) is 0 Å². The lowest BCUT2D eigenvalue weighted by Crippen LogP contribution is -2.24. The molecule has 1 heterocycles. The highest BCUT2D eigenvalue weighted by Gasteiger charge is 2.06. The number of nitrogens with zero attached hydrogens (tertiary/aromatic N) is 3. The smallest absolute Gasteiger partial charge is 0.132 e. The van der Waals surface area contributed by atoms with E-state index in [0.717, 1.165) is 13.1 Å². The van der Waals surface area contributed by atoms with E-state index in [4.69, 9.17) is 0 Å². The lowest BCUT2D eigenvalue weighted by molar-refractivity contribution is 0.708. The Hall–Kier alpha value is -0.640. The van der Waals surface area contributed by atoms with Crippen molar-refractivity contribution in [2.24, 2.45) is 0 Å². The average molecular weight is 199 g/mol. The third-order valence-corrected chi connectivity index (χ3v) is 2.66. The second-order valence-electron chi connectivity index (χ2n) is 3.10. The second kappa shape index (κ2) is 5.91. The molecule has 13 heavy (non-hydrogen) atoms. The summed E-state index contributed by atoms with van der Waals surface area (Å²) in [6.07, 6.45) is 5.53. The average Bonchev–Trinajstić information content (AvgIpc) is 2.65. The molecule has 0 fully saturated rings. The largest absolute Gasteiger partial charge is 0.361 e. The van der Waals surface area contributed by atoms with Crippen LogP contribution in [0.1, 0.15) is 33.1 Å². The fraction of sp³-hybridized carbons (Fsp3) is 0.778. The number of hydrogen-bond acceptors (Lipinski definition) is 4. The molecule has 0 radical (unpaired) electrons. The second-order valence-corrected chi connectivity index (χ2v) is 3.86. The van der Waals surface area contributed by atoms with E-state index in [0.29, 0.717) is 0 Å². The Kier molecular flexibility index (Phi) is 4.75. The van der Waals surface area contributed by atoms with Crippen molar-refractivity contribution in [1.82, 2.24) is 9.59 Å². The first-order chi connectivity index (χ1) is 6.38. The lowest BCUT2D eigenvalue weighted by atomic mass is 10.3. The molecule has 0 spiro atoms. The molecule has 0 N–H and O–H groups in total. The summed E-state index contributed by atoms with van der Waals surface area (Å²) in [4.78, 5) is 2.37. The van der Waals surface area contributed by atoms with E-state index in [1.165, 1.54) is 35.8 Å². The zero-order chi connectivity index (χ0) is 9.52. The minimum atomic E-state index is 1.11. The van der Waals surface area contributed by atoms with Crippen LogP contribution in [0.25, 0.3) is 0 Å². The third kappa shape index (κ3) is 3.30. The molecule has 0 amide bonds. The van der Waals surface area contributed by atoms with Crippen LogP contribution in [-0.4, -0.2) is 22.7 Å². The maximum absolute atomic E-state index is 3.88. The Morgan fingerprint density at radius 2 is 2.15 bits per heavy atom. The van der Waals surface area contributed by atoms with Crippen LogP contribution in [0.5, 0.6) is 0 Å². The standard InChI is InChI=1S/C9H17N3S/c1-3-5-7-12(6-4-2)9-8-10-11-13-9/h8H,3-7H2,1-2H3. The monoisotopic (exact) mass is 199 g/mol. The van der Waals surface area contributed by atoms with E-state index in [-0.39, 0.29) is 0 Å². The molecule has 0 saturated carbocycles. The summed E-state index contributed by atoms with van der Waals surface area (Å²) < 4.78 is 3.88. The molecule has 1 aromatic rings. The number of hydrogen-bond donors (Lipinski definition) is 0. The molecule has 0 aliphatic carbocycles. The molecule has 0 bridgehead atoms. The van der Waals surface area contributed by atoms with Crippen LogP contribution >= 0.6 is 11.5 Å². The first-order valence-electron chi connectivity index (χ1n) is 4.90. The van der Waals surface area contributed by atoms with Crippen molar-refractivity contribution in [3.63, 3.8) is 0 Å². The van der Waals surface area contributed by atoms with E-state index in [2.05, 4.69) is 28.3 Å². The Bertz CT molecular complexity index is 211. The molecule has 0 unspecified atom stereocenters. The molecule has 0 aliphatic heterocycles. The summed E-state index contributed by atoms with van der Waals surface area (Å²) in [6, 6.07) is 0. The van der Waals surface area contributed by atoms with Gasteiger partial charge in [0.15, 0.2) is 0 Å². The summed E-state index contributed by atoms with van der Waals surface area (Å²) in [5, 5.41) is 5.06. The number of anilines is 1. The zero-order valence-electron chi connectivity index (χ0n) is 8.36. The van der Waals surface area contributed by atoms with Crippen LogP contribution in [0, 0.1) is 0 Å². The number of rotatable bonds is 6. The molecule has 0 aromatic carbocycles. The van der Waals surface area contributed by atoms with E-state index < -0.39 is 0 Å². The van der Waals surface area contributed by atoms with Crippen molar-refractivity contribution >= 4 is 16.5 Å². The molecule has 3 nitrogen and oxygen atoms in total. The summed E-state index contributed by atoms with van der Waals surface area (Å²) in [7, 11) is 0. The van der Waals surface area contributed by atoms with Crippen LogP contribution in [-0.2, 0) is 0 Å². The van der Waals surface area contributed by atoms with Crippen LogP contribution in [0.4, 0.5) is 5.00 Å². The summed E-state index contributed by atoms with van der Waals surface area (Å²) in [5.41, 5.74) is 0. The number of unbranched alkanes of at least 4 members (excludes halogenated alkanes) is 1. The fourth-order valence-electron chi connectivity index (χ4n) is 1.25. The predicted octanol–water partition coefficient (Wildman–Crippen LogP) is 2.55. The molecule has 0 saturated heterocycles. The Morgan fingerprint density at radius 1 is 1.31 bits per heavy atom. The SMILES string of the molecule is CCCCN(CCC)c1cnns1. The van der Waals surface area contributed by atoms with Crippen molar-refractivity contribution in [1.29, 1.82) is 0 Å². The van der Waals surface area contributed by atoms with Gasteiger partial charge >= 0.3 is 0 Å². The quantitative estimate of drug-likeness (QED) is 0.705. The van der Waals surface area contributed by atoms with Crippen LogP contribution in [0.15, 0.2) is 6.20 Å². The molecule has 74 valence electrons. The van der Waals surface area contributed by atoms with Gasteiger partial charge in [-0.1, -0.05) is 24.8 Å². The maximum atomic E-state index is 3.88. The van der Waals surface area contributed by atoms with Gasteiger partial charge in [0.25, 0.3) is 0 Å². The number of aromatic nitrogens is 2. The minimum absolute atomic E-state index is 1.11. The highest BCUT2D eigenvalue weighted by atomic mass is 32.1. The van der Waals surface area contributed by atoms with E-state index in [1.54, 1.807) is 0 Å². The minimum Gasteiger partial charge on any atom is -0.361 e. The van der Waals surface area contributed by atoms with E-state index >= 15 is 0 Å². The summed E-state index contributed by atoms with van der Waals surface area (Å²) >= 11 is 1.49. The van der Waals surface area contributed by atoms with Gasteiger partial charge in [-0.15, -0.1) is 5.10 Å². The van der Waals surface area contributed by atoms with Crippen LogP contribution < -0.4 is 4.90 Å². The normalized spacial score (nSPS) is 10.3. The third-order valence-electron chi connectivity index (χ3n) is 1.94. The van der Waals surface area contributed by atoms with Crippen molar-refractivity contribution in [2.75, 3.05) is 18.0 Å². The van der Waals surface area contributed by atoms with Crippen molar-refractivity contribution < 1.29 is 0 Å². The Morgan fingerprint density at radius 3 is 2.69 bits per heavy atom. The molecule has 1 rings (SSSR count). The van der Waals surface area contributed by atoms with Gasteiger partial charge in [-0.3, -0.25) is 0 Å². The molecular weight excluding hydrogens is 182 g/mol. The summed E-state index contributed by atoms with van der Waals surface area (Å²) in [5.74, 6) is 0. The van der Waals surface area contributed by atoms with Gasteiger partial charge in [0.2, 0.25) is 0 Å². The maximum Gasteiger partial charge on any atom is 0.132 e. The van der Waals surface area contributed by atoms with Crippen molar-refractivity contribution in [3.05, 3.63) is 6.20 Å². The van der Waals surface area contributed by atoms with Gasteiger partial charge in [0, 0.05) is 24.6 Å². The van der Waals surface area contributed by atoms with E-state index in [1.807, 2.05) is 6.20 Å². The first kappa shape index (κ1) is 10.4. The van der Waals surface area contributed by atoms with Gasteiger partial charge in [-0.2, -0.15) is 0 Å². The molecule has 0 atom stereocenters. The van der Waals surface area contributed by atoms with Gasteiger partial charge in [-0.05, 0) is 12.8 Å². The zero-order valence-corrected chi connectivity index (χ0v) is 9.18. The highest BCUT2D eigenvalue weighted by molar-refractivity contribution is 7.09. The van der Waals surface area contributed by atoms with Gasteiger partial charge in [-0.25, -0.2) is 0 Å². The first-order valence-corrected chi connectivity index (χ1v) is 5.68. The van der Waals surface area contributed by atoms with Gasteiger partial charge in [0.05, 0.1) is 6.20 Å². The molecule has 4 heteroatoms. The topological polar surface area (TPSA) is 29.0 Å². The van der Waals surface area contributed by atoms with Crippen molar-refractivity contribution in [2.45, 2.75) is 33.1 Å². The molecule has 1 aromatic heterocycles. The van der Waals surface area contributed by atoms with Crippen LogP contribution in [0.3, 0.4) is 0 Å². The summed E-state index contributed by atoms with van der Waals surface area (Å²) in [6.45, 7) is 6.67. The lowest BCUT2D eigenvalue weighted by Gasteiger charge is -2.20. The molecule has 0 aliphatic rings.